The molecule has 0 aromatic heterocycles. The molecule has 300 valence electrons. The van der Waals surface area contributed by atoms with Crippen LogP contribution in [0.25, 0.3) is 66.8 Å². The summed E-state index contributed by atoms with van der Waals surface area (Å²) in [6.45, 7) is 0. The molecule has 0 saturated heterocycles. The maximum Gasteiger partial charge on any atom is 0.179 e. The minimum Gasteiger partial charge on any atom is -0.478 e. The summed E-state index contributed by atoms with van der Waals surface area (Å²) < 4.78 is 14.5. The van der Waals surface area contributed by atoms with Crippen LogP contribution in [0.15, 0.2) is 230 Å². The summed E-state index contributed by atoms with van der Waals surface area (Å²) in [4.78, 5) is 2.37. The molecule has 64 heavy (non-hydrogen) atoms. The lowest BCUT2D eigenvalue weighted by atomic mass is 9.70. The number of fused-ring (bicyclic) bond motifs is 20. The normalized spacial score (nSPS) is 16.8. The van der Waals surface area contributed by atoms with Crippen molar-refractivity contribution in [2.45, 2.75) is 17.6 Å². The summed E-state index contributed by atoms with van der Waals surface area (Å²) in [6, 6.07) is 75.4. The van der Waals surface area contributed by atoms with Crippen LogP contribution in [0.4, 0.5) is 11.4 Å². The van der Waals surface area contributed by atoms with Gasteiger partial charge in [0.05, 0.1) is 11.1 Å². The van der Waals surface area contributed by atoms with Gasteiger partial charge < -0.3 is 14.4 Å². The molecular weight excluding hydrogens is 779 g/mol. The lowest BCUT2D eigenvalue weighted by Crippen LogP contribution is -2.45. The van der Waals surface area contributed by atoms with Gasteiger partial charge in [0.15, 0.2) is 23.7 Å². The van der Waals surface area contributed by atoms with Crippen molar-refractivity contribution < 1.29 is 9.47 Å². The Morgan fingerprint density at radius 2 is 0.797 bits per heavy atom. The van der Waals surface area contributed by atoms with Gasteiger partial charge in [-0.2, -0.15) is 0 Å². The van der Waals surface area contributed by atoms with Crippen LogP contribution < -0.4 is 14.4 Å². The minimum atomic E-state index is -0.480. The molecule has 2 atom stereocenters. The molecule has 2 unspecified atom stereocenters. The number of nitrogens with zero attached hydrogens (tertiary/aromatic N) is 1. The molecule has 0 amide bonds. The van der Waals surface area contributed by atoms with Crippen molar-refractivity contribution >= 4 is 11.4 Å². The molecule has 14 rings (SSSR count). The zero-order chi connectivity index (χ0) is 41.9. The van der Waals surface area contributed by atoms with E-state index in [1.165, 1.54) is 89.0 Å². The van der Waals surface area contributed by atoms with Crippen molar-refractivity contribution in [1.82, 2.24) is 0 Å². The Labute approximate surface area is 372 Å². The number of benzene rings is 9. The number of allylic oxidation sites excluding steroid dienone is 2. The number of hydrogen-bond acceptors (Lipinski definition) is 3. The van der Waals surface area contributed by atoms with E-state index >= 15 is 0 Å². The minimum absolute atomic E-state index is 0.344. The second-order valence-corrected chi connectivity index (χ2v) is 17.4. The van der Waals surface area contributed by atoms with Crippen molar-refractivity contribution in [3.8, 4) is 78.3 Å². The maximum absolute atomic E-state index is 7.38. The van der Waals surface area contributed by atoms with Crippen molar-refractivity contribution in [2.24, 2.45) is 0 Å². The van der Waals surface area contributed by atoms with E-state index < -0.39 is 11.5 Å². The fourth-order valence-corrected chi connectivity index (χ4v) is 11.6. The van der Waals surface area contributed by atoms with E-state index in [9.17, 15) is 0 Å². The third-order valence-electron chi connectivity index (χ3n) is 14.2. The van der Waals surface area contributed by atoms with Gasteiger partial charge in [0.1, 0.15) is 0 Å². The van der Waals surface area contributed by atoms with Crippen LogP contribution in [0.2, 0.25) is 0 Å². The fraction of sp³-hybridized carbons (Fsp3) is 0.0492. The van der Waals surface area contributed by atoms with Crippen molar-refractivity contribution in [3.05, 3.63) is 252 Å². The zero-order valence-corrected chi connectivity index (χ0v) is 34.8. The predicted octanol–water partition coefficient (Wildman–Crippen LogP) is 14.8. The van der Waals surface area contributed by atoms with Crippen molar-refractivity contribution in [2.75, 3.05) is 4.90 Å². The lowest BCUT2D eigenvalue weighted by Gasteiger charge is -2.40. The van der Waals surface area contributed by atoms with Gasteiger partial charge in [-0.15, -0.1) is 0 Å². The number of rotatable bonds is 3. The third-order valence-corrected chi connectivity index (χ3v) is 14.2. The van der Waals surface area contributed by atoms with Gasteiger partial charge in [0, 0.05) is 11.4 Å². The molecule has 3 nitrogen and oxygen atoms in total. The topological polar surface area (TPSA) is 21.7 Å². The monoisotopic (exact) mass is 817 g/mol. The van der Waals surface area contributed by atoms with Crippen LogP contribution in [-0.4, -0.2) is 12.2 Å². The van der Waals surface area contributed by atoms with Crippen LogP contribution in [0, 0.1) is 0 Å². The van der Waals surface area contributed by atoms with Gasteiger partial charge in [-0.05, 0) is 138 Å². The maximum atomic E-state index is 7.38. The quantitative estimate of drug-likeness (QED) is 0.177. The van der Waals surface area contributed by atoms with Crippen LogP contribution in [-0.2, 0) is 5.41 Å². The van der Waals surface area contributed by atoms with E-state index in [1.807, 2.05) is 0 Å². The van der Waals surface area contributed by atoms with Gasteiger partial charge in [-0.1, -0.05) is 176 Å². The fourth-order valence-electron chi connectivity index (χ4n) is 11.6. The van der Waals surface area contributed by atoms with E-state index in [1.54, 1.807) is 0 Å². The third kappa shape index (κ3) is 4.81. The molecule has 3 heteroatoms. The zero-order valence-electron chi connectivity index (χ0n) is 34.8. The molecule has 9 aromatic rings. The van der Waals surface area contributed by atoms with Gasteiger partial charge >= 0.3 is 0 Å². The summed E-state index contributed by atoms with van der Waals surface area (Å²) >= 11 is 0. The SMILES string of the molecule is C1=CC2Oc3cc4c(cc3OC2C(N(c2ccccc2)c2ccc3c(c2)-c2ccccc2-c2ccccc2-c2ccccc2-3)=C1)C1(c2ccccc2-c2ccccc21)c1ccccc1-4. The summed E-state index contributed by atoms with van der Waals surface area (Å²) in [5.74, 6) is 1.52. The smallest absolute Gasteiger partial charge is 0.179 e. The molecular formula is C61H39NO2. The molecule has 0 radical (unpaired) electrons. The lowest BCUT2D eigenvalue weighted by molar-refractivity contribution is 0.0675. The summed E-state index contributed by atoms with van der Waals surface area (Å²) in [5.41, 5.74) is 22.5. The van der Waals surface area contributed by atoms with Crippen LogP contribution in [0.3, 0.4) is 0 Å². The molecule has 1 heterocycles. The van der Waals surface area contributed by atoms with Crippen LogP contribution in [0.5, 0.6) is 11.5 Å². The number of anilines is 2. The van der Waals surface area contributed by atoms with E-state index in [4.69, 9.17) is 9.47 Å². The summed E-state index contributed by atoms with van der Waals surface area (Å²) in [5, 5.41) is 0. The van der Waals surface area contributed by atoms with E-state index in [0.29, 0.717) is 0 Å². The first kappa shape index (κ1) is 35.5. The predicted molar refractivity (Wildman–Crippen MR) is 259 cm³/mol. The molecule has 1 spiro atoms. The second-order valence-electron chi connectivity index (χ2n) is 17.4. The Balaban J connectivity index is 0.932. The second kappa shape index (κ2) is 13.4. The Bertz CT molecular complexity index is 3440. The highest BCUT2D eigenvalue weighted by molar-refractivity contribution is 6.04. The molecule has 0 fully saturated rings. The summed E-state index contributed by atoms with van der Waals surface area (Å²) in [7, 11) is 0. The number of ether oxygens (including phenoxy) is 2. The van der Waals surface area contributed by atoms with Gasteiger partial charge in [0.25, 0.3) is 0 Å². The van der Waals surface area contributed by atoms with Gasteiger partial charge in [0.2, 0.25) is 0 Å². The van der Waals surface area contributed by atoms with Crippen molar-refractivity contribution in [1.29, 1.82) is 0 Å². The largest absolute Gasteiger partial charge is 0.478 e. The highest BCUT2D eigenvalue weighted by Gasteiger charge is 2.52. The molecule has 5 aliphatic rings. The Kier molecular flexibility index (Phi) is 7.44. The highest BCUT2D eigenvalue weighted by Crippen LogP contribution is 2.64. The molecule has 0 bridgehead atoms. The number of hydrogen-bond donors (Lipinski definition) is 0. The van der Waals surface area contributed by atoms with Crippen LogP contribution >= 0.6 is 0 Å². The van der Waals surface area contributed by atoms with Gasteiger partial charge in [-0.25, -0.2) is 0 Å². The average Bonchev–Trinajstić information content (AvgIpc) is 3.82. The Morgan fingerprint density at radius 1 is 0.344 bits per heavy atom. The van der Waals surface area contributed by atoms with E-state index in [2.05, 4.69) is 229 Å². The average molecular weight is 818 g/mol. The first-order valence-electron chi connectivity index (χ1n) is 22.2. The first-order chi connectivity index (χ1) is 31.8. The van der Waals surface area contributed by atoms with Crippen molar-refractivity contribution in [3.63, 3.8) is 0 Å². The molecule has 0 N–H and O–H groups in total. The highest BCUT2D eigenvalue weighted by atomic mass is 16.6. The Morgan fingerprint density at radius 3 is 1.36 bits per heavy atom. The standard InChI is InChI=1S/C61H39NO2/c1-2-17-38(18-3-1)62(39-33-34-46-44-23-7-6-21-42(44)40-19-4-5-20-41(40)43-22-8-9-24-45(43)50(46)35-39)56-31-16-32-57-60(56)64-59-37-55-51(36-58(59)63-57)49-27-12-15-30-54(49)61(55)52-28-13-10-25-47(52)48-26-11-14-29-53(48)61/h1-37,57,60H. The molecule has 4 aliphatic carbocycles. The van der Waals surface area contributed by atoms with E-state index in [-0.39, 0.29) is 6.10 Å². The van der Waals surface area contributed by atoms with E-state index in [0.717, 1.165) is 28.6 Å². The summed E-state index contributed by atoms with van der Waals surface area (Å²) in [6.07, 6.45) is 5.69. The Hall–Kier alpha value is -8.14. The van der Waals surface area contributed by atoms with Gasteiger partial charge in [-0.3, -0.25) is 0 Å². The number of para-hydroxylation sites is 1. The molecule has 1 aliphatic heterocycles. The first-order valence-corrected chi connectivity index (χ1v) is 22.2. The molecule has 9 aromatic carbocycles. The van der Waals surface area contributed by atoms with Crippen LogP contribution in [0.1, 0.15) is 22.3 Å². The molecule has 0 saturated carbocycles.